The van der Waals surface area contributed by atoms with Gasteiger partial charge in [-0.15, -0.1) is 4.91 Å². The van der Waals surface area contributed by atoms with E-state index in [0.29, 0.717) is 0 Å². The van der Waals surface area contributed by atoms with E-state index in [4.69, 9.17) is 0 Å². The van der Waals surface area contributed by atoms with E-state index in [1.807, 2.05) is 0 Å². The van der Waals surface area contributed by atoms with Gasteiger partial charge in [0.05, 0.1) is 19.1 Å². The summed E-state index contributed by atoms with van der Waals surface area (Å²) in [6.07, 6.45) is 0.428. The second-order valence-corrected chi connectivity index (χ2v) is 6.27. The van der Waals surface area contributed by atoms with Gasteiger partial charge in [0.25, 0.3) is 20.2 Å². The van der Waals surface area contributed by atoms with Crippen LogP contribution < -0.4 is 0 Å². The van der Waals surface area contributed by atoms with Crippen molar-refractivity contribution in [2.75, 3.05) is 19.1 Å². The molecule has 0 aromatic carbocycles. The van der Waals surface area contributed by atoms with Crippen molar-refractivity contribution < 1.29 is 25.2 Å². The third-order valence-electron chi connectivity index (χ3n) is 1.30. The summed E-state index contributed by atoms with van der Waals surface area (Å²) in [5, 5.41) is 2.45. The van der Waals surface area contributed by atoms with Crippen LogP contribution >= 0.6 is 0 Å². The molecule has 0 rings (SSSR count). The minimum Gasteiger partial charge on any atom is -0.270 e. The van der Waals surface area contributed by atoms with E-state index in [0.717, 1.165) is 12.5 Å². The molecular formula is C6H13NO7S2. The van der Waals surface area contributed by atoms with Crippen molar-refractivity contribution in [3.05, 3.63) is 4.91 Å². The van der Waals surface area contributed by atoms with E-state index in [1.165, 1.54) is 0 Å². The Bertz CT molecular complexity index is 412. The van der Waals surface area contributed by atoms with Crippen LogP contribution in [0, 0.1) is 4.91 Å². The van der Waals surface area contributed by atoms with Crippen molar-refractivity contribution in [2.24, 2.45) is 5.18 Å². The van der Waals surface area contributed by atoms with Gasteiger partial charge < -0.3 is 0 Å². The molecule has 0 saturated carbocycles. The van der Waals surface area contributed by atoms with E-state index in [2.05, 4.69) is 13.5 Å². The molecule has 8 nitrogen and oxygen atoms in total. The molecule has 1 unspecified atom stereocenters. The van der Waals surface area contributed by atoms with E-state index in [-0.39, 0.29) is 19.4 Å². The Hall–Kier alpha value is -0.580. The predicted molar refractivity (Wildman–Crippen MR) is 55.5 cm³/mol. The van der Waals surface area contributed by atoms with Gasteiger partial charge >= 0.3 is 0 Å². The van der Waals surface area contributed by atoms with E-state index >= 15 is 0 Å². The number of nitrogens with zero attached hydrogens (tertiary/aromatic N) is 1. The van der Waals surface area contributed by atoms with Gasteiger partial charge in [0, 0.05) is 6.42 Å². The van der Waals surface area contributed by atoms with Crippen LogP contribution in [0.4, 0.5) is 0 Å². The highest BCUT2D eigenvalue weighted by Crippen LogP contribution is 2.07. The summed E-state index contributed by atoms with van der Waals surface area (Å²) in [4.78, 5) is 10.2. The molecular weight excluding hydrogens is 262 g/mol. The molecule has 0 aliphatic heterocycles. The monoisotopic (exact) mass is 275 g/mol. The lowest BCUT2D eigenvalue weighted by molar-refractivity contribution is 0.193. The maximum Gasteiger partial charge on any atom is 0.266 e. The summed E-state index contributed by atoms with van der Waals surface area (Å²) < 4.78 is 51.1. The fourth-order valence-electron chi connectivity index (χ4n) is 0.788. The summed E-state index contributed by atoms with van der Waals surface area (Å²) in [6.45, 7) is -0.155. The molecule has 0 aliphatic carbocycles. The fourth-order valence-corrected chi connectivity index (χ4v) is 1.74. The second kappa shape index (κ2) is 6.23. The molecule has 0 amide bonds. The first-order chi connectivity index (χ1) is 7.14. The standard InChI is InChI=1S/C6H13NO7S2/c1-15(9,10)13-5-3-4-6(7-8)14-16(2,11)12/h6H,3-5H2,1-2H3. The van der Waals surface area contributed by atoms with Crippen molar-refractivity contribution in [3.8, 4) is 0 Å². The maximum absolute atomic E-state index is 10.6. The van der Waals surface area contributed by atoms with Gasteiger partial charge in [-0.25, -0.2) is 4.18 Å². The van der Waals surface area contributed by atoms with Gasteiger partial charge in [-0.3, -0.25) is 4.18 Å². The third-order valence-corrected chi connectivity index (χ3v) is 2.46. The van der Waals surface area contributed by atoms with Crippen LogP contribution in [0.1, 0.15) is 12.8 Å². The lowest BCUT2D eigenvalue weighted by atomic mass is 10.3. The van der Waals surface area contributed by atoms with Gasteiger partial charge in [-0.2, -0.15) is 16.8 Å². The predicted octanol–water partition coefficient (Wildman–Crippen LogP) is -0.188. The highest BCUT2D eigenvalue weighted by molar-refractivity contribution is 7.86. The molecule has 0 N–H and O–H groups in total. The topological polar surface area (TPSA) is 116 Å². The summed E-state index contributed by atoms with van der Waals surface area (Å²) in [7, 11) is -7.29. The molecule has 10 heteroatoms. The maximum atomic E-state index is 10.6. The molecule has 0 spiro atoms. The van der Waals surface area contributed by atoms with Crippen LogP contribution in [0.3, 0.4) is 0 Å². The average molecular weight is 275 g/mol. The first-order valence-corrected chi connectivity index (χ1v) is 7.82. The van der Waals surface area contributed by atoms with Crippen molar-refractivity contribution in [2.45, 2.75) is 19.1 Å². The Balaban J connectivity index is 3.94. The van der Waals surface area contributed by atoms with Crippen molar-refractivity contribution >= 4 is 20.2 Å². The van der Waals surface area contributed by atoms with Crippen molar-refractivity contribution in [1.82, 2.24) is 0 Å². The first kappa shape index (κ1) is 15.4. The molecule has 1 atom stereocenters. The zero-order valence-corrected chi connectivity index (χ0v) is 10.5. The molecule has 0 radical (unpaired) electrons. The minimum atomic E-state index is -3.75. The number of nitroso groups, excluding NO2 is 1. The van der Waals surface area contributed by atoms with Gasteiger partial charge in [-0.05, 0) is 11.6 Å². The molecule has 0 fully saturated rings. The van der Waals surface area contributed by atoms with Crippen molar-refractivity contribution in [3.63, 3.8) is 0 Å². The molecule has 0 bridgehead atoms. The summed E-state index contributed by atoms with van der Waals surface area (Å²) in [5.74, 6) is 0. The van der Waals surface area contributed by atoms with Crippen LogP contribution in [0.25, 0.3) is 0 Å². The molecule has 0 saturated heterocycles. The smallest absolute Gasteiger partial charge is 0.266 e. The molecule has 0 aliphatic rings. The van der Waals surface area contributed by atoms with E-state index in [9.17, 15) is 21.7 Å². The fraction of sp³-hybridized carbons (Fsp3) is 1.00. The molecule has 0 aromatic heterocycles. The van der Waals surface area contributed by atoms with E-state index < -0.39 is 26.5 Å². The van der Waals surface area contributed by atoms with Gasteiger partial charge in [-0.1, -0.05) is 0 Å². The quantitative estimate of drug-likeness (QED) is 0.342. The zero-order valence-electron chi connectivity index (χ0n) is 8.82. The number of rotatable bonds is 8. The lowest BCUT2D eigenvalue weighted by Gasteiger charge is -2.07. The van der Waals surface area contributed by atoms with Crippen LogP contribution in [-0.2, 0) is 28.6 Å². The molecule has 96 valence electrons. The van der Waals surface area contributed by atoms with Gasteiger partial charge in [0.2, 0.25) is 6.23 Å². The lowest BCUT2D eigenvalue weighted by Crippen LogP contribution is -2.16. The van der Waals surface area contributed by atoms with Crippen LogP contribution in [0.15, 0.2) is 5.18 Å². The number of hydrogen-bond donors (Lipinski definition) is 0. The Morgan fingerprint density at radius 1 is 1.12 bits per heavy atom. The number of hydrogen-bond acceptors (Lipinski definition) is 8. The highest BCUT2D eigenvalue weighted by atomic mass is 32.2. The van der Waals surface area contributed by atoms with Crippen molar-refractivity contribution in [1.29, 1.82) is 0 Å². The zero-order chi connectivity index (χ0) is 12.8. The van der Waals surface area contributed by atoms with Crippen LogP contribution in [0.2, 0.25) is 0 Å². The third kappa shape index (κ3) is 9.96. The molecule has 0 heterocycles. The molecule has 16 heavy (non-hydrogen) atoms. The Kier molecular flexibility index (Phi) is 6.00. The second-order valence-electron chi connectivity index (χ2n) is 3.03. The minimum absolute atomic E-state index is 0.0356. The first-order valence-electron chi connectivity index (χ1n) is 4.19. The van der Waals surface area contributed by atoms with Gasteiger partial charge in [0.15, 0.2) is 0 Å². The normalized spacial score (nSPS) is 14.6. The Labute approximate surface area is 94.2 Å². The highest BCUT2D eigenvalue weighted by Gasteiger charge is 2.15. The summed E-state index contributed by atoms with van der Waals surface area (Å²) in [6, 6.07) is 0. The Morgan fingerprint density at radius 3 is 2.06 bits per heavy atom. The average Bonchev–Trinajstić information content (AvgIpc) is 2.06. The summed E-state index contributed by atoms with van der Waals surface area (Å²) in [5.41, 5.74) is 0. The SMILES string of the molecule is CS(=O)(=O)OCCCC(N=O)OS(C)(=O)=O. The largest absolute Gasteiger partial charge is 0.270 e. The summed E-state index contributed by atoms with van der Waals surface area (Å²) >= 11 is 0. The van der Waals surface area contributed by atoms with Crippen LogP contribution in [0.5, 0.6) is 0 Å². The molecule has 0 aromatic rings. The van der Waals surface area contributed by atoms with Crippen LogP contribution in [-0.4, -0.2) is 42.2 Å². The van der Waals surface area contributed by atoms with E-state index in [1.54, 1.807) is 0 Å². The van der Waals surface area contributed by atoms with Gasteiger partial charge in [0.1, 0.15) is 0 Å². The Morgan fingerprint density at radius 2 is 1.69 bits per heavy atom.